The molecular formula is C20H19N. The summed E-state index contributed by atoms with van der Waals surface area (Å²) in [5, 5.41) is 0. The average molecular weight is 273 g/mol. The highest BCUT2D eigenvalue weighted by molar-refractivity contribution is 5.82. The molecule has 1 fully saturated rings. The molecule has 2 aliphatic carbocycles. The Labute approximate surface area is 126 Å². The Balaban J connectivity index is 1.70. The normalized spacial score (nSPS) is 28.2. The molecule has 0 bridgehead atoms. The first-order valence-corrected chi connectivity index (χ1v) is 7.54. The van der Waals surface area contributed by atoms with Crippen molar-refractivity contribution < 1.29 is 0 Å². The zero-order chi connectivity index (χ0) is 14.5. The summed E-state index contributed by atoms with van der Waals surface area (Å²) in [4.78, 5) is 4.70. The Morgan fingerprint density at radius 2 is 1.67 bits per heavy atom. The minimum Gasteiger partial charge on any atom is -0.261 e. The van der Waals surface area contributed by atoms with Crippen LogP contribution in [0.15, 0.2) is 65.7 Å². The SMILES string of the molecule is CC1(C)[C@@H](C=Nc2ccccc2)[C@@]12C=Cc1ccccc12. The second-order valence-electron chi connectivity index (χ2n) is 6.60. The molecular weight excluding hydrogens is 254 g/mol. The van der Waals surface area contributed by atoms with Gasteiger partial charge in [-0.2, -0.15) is 0 Å². The molecule has 2 aromatic carbocycles. The van der Waals surface area contributed by atoms with E-state index in [1.165, 1.54) is 11.1 Å². The fourth-order valence-corrected chi connectivity index (χ4v) is 3.98. The number of hydrogen-bond donors (Lipinski definition) is 0. The Bertz CT molecular complexity index is 739. The Hall–Kier alpha value is -2.15. The summed E-state index contributed by atoms with van der Waals surface area (Å²) >= 11 is 0. The third kappa shape index (κ3) is 1.61. The van der Waals surface area contributed by atoms with Crippen molar-refractivity contribution >= 4 is 18.0 Å². The van der Waals surface area contributed by atoms with Crippen LogP contribution in [0, 0.1) is 11.3 Å². The smallest absolute Gasteiger partial charge is 0.0625 e. The zero-order valence-corrected chi connectivity index (χ0v) is 12.5. The van der Waals surface area contributed by atoms with Crippen LogP contribution in [0.25, 0.3) is 6.08 Å². The first kappa shape index (κ1) is 12.6. The van der Waals surface area contributed by atoms with E-state index >= 15 is 0 Å². The average Bonchev–Trinajstić information content (AvgIpc) is 2.81. The van der Waals surface area contributed by atoms with Crippen LogP contribution in [0.2, 0.25) is 0 Å². The largest absolute Gasteiger partial charge is 0.261 e. The van der Waals surface area contributed by atoms with Gasteiger partial charge in [0.25, 0.3) is 0 Å². The lowest BCUT2D eigenvalue weighted by Crippen LogP contribution is -2.09. The highest BCUT2D eigenvalue weighted by Crippen LogP contribution is 2.71. The van der Waals surface area contributed by atoms with Gasteiger partial charge in [0.2, 0.25) is 0 Å². The predicted molar refractivity (Wildman–Crippen MR) is 89.0 cm³/mol. The van der Waals surface area contributed by atoms with Crippen molar-refractivity contribution in [2.75, 3.05) is 0 Å². The van der Waals surface area contributed by atoms with Gasteiger partial charge in [-0.15, -0.1) is 0 Å². The quantitative estimate of drug-likeness (QED) is 0.682. The van der Waals surface area contributed by atoms with Crippen molar-refractivity contribution in [2.24, 2.45) is 16.3 Å². The number of allylic oxidation sites excluding steroid dienone is 1. The number of fused-ring (bicyclic) bond motifs is 2. The van der Waals surface area contributed by atoms with Crippen molar-refractivity contribution in [1.82, 2.24) is 0 Å². The monoisotopic (exact) mass is 273 g/mol. The first-order valence-electron chi connectivity index (χ1n) is 7.54. The van der Waals surface area contributed by atoms with Crippen molar-refractivity contribution in [3.63, 3.8) is 0 Å². The van der Waals surface area contributed by atoms with E-state index in [9.17, 15) is 0 Å². The van der Waals surface area contributed by atoms with Gasteiger partial charge in [-0.25, -0.2) is 0 Å². The zero-order valence-electron chi connectivity index (χ0n) is 12.5. The van der Waals surface area contributed by atoms with Crippen LogP contribution in [0.5, 0.6) is 0 Å². The van der Waals surface area contributed by atoms with Gasteiger partial charge in [0, 0.05) is 17.5 Å². The third-order valence-corrected chi connectivity index (χ3v) is 5.31. The van der Waals surface area contributed by atoms with E-state index in [0.29, 0.717) is 5.92 Å². The predicted octanol–water partition coefficient (Wildman–Crippen LogP) is 5.01. The molecule has 0 amide bonds. The van der Waals surface area contributed by atoms with Crippen LogP contribution >= 0.6 is 0 Å². The molecule has 0 radical (unpaired) electrons. The molecule has 2 atom stereocenters. The standard InChI is InChI=1S/C20H19N/c1-19(2)18(14-21-16-9-4-3-5-10-16)20(19)13-12-15-8-6-7-11-17(15)20/h3-14,18H,1-2H3/t18-,20+/m1/s1. The van der Waals surface area contributed by atoms with Crippen LogP contribution < -0.4 is 0 Å². The molecule has 21 heavy (non-hydrogen) atoms. The van der Waals surface area contributed by atoms with Gasteiger partial charge >= 0.3 is 0 Å². The van der Waals surface area contributed by atoms with Gasteiger partial charge in [0.1, 0.15) is 0 Å². The fourth-order valence-electron chi connectivity index (χ4n) is 3.98. The number of hydrogen-bond acceptors (Lipinski definition) is 1. The molecule has 0 aromatic heterocycles. The number of rotatable bonds is 2. The van der Waals surface area contributed by atoms with E-state index in [2.05, 4.69) is 68.6 Å². The Morgan fingerprint density at radius 1 is 0.952 bits per heavy atom. The number of para-hydroxylation sites is 1. The van der Waals surface area contributed by atoms with Crippen molar-refractivity contribution in [3.05, 3.63) is 71.8 Å². The van der Waals surface area contributed by atoms with Crippen LogP contribution in [-0.2, 0) is 5.41 Å². The van der Waals surface area contributed by atoms with Gasteiger partial charge in [0.05, 0.1) is 5.69 Å². The number of benzene rings is 2. The van der Waals surface area contributed by atoms with E-state index in [0.717, 1.165) is 5.69 Å². The van der Waals surface area contributed by atoms with Crippen molar-refractivity contribution in [1.29, 1.82) is 0 Å². The highest BCUT2D eigenvalue weighted by Gasteiger charge is 2.70. The molecule has 0 heterocycles. The number of nitrogens with zero attached hydrogens (tertiary/aromatic N) is 1. The lowest BCUT2D eigenvalue weighted by molar-refractivity contribution is 0.561. The van der Waals surface area contributed by atoms with Crippen LogP contribution in [-0.4, -0.2) is 6.21 Å². The molecule has 0 aliphatic heterocycles. The molecule has 2 aromatic rings. The molecule has 0 saturated heterocycles. The third-order valence-electron chi connectivity index (χ3n) is 5.31. The molecule has 104 valence electrons. The van der Waals surface area contributed by atoms with Gasteiger partial charge in [-0.1, -0.05) is 68.5 Å². The maximum atomic E-state index is 4.70. The molecule has 2 aliphatic rings. The van der Waals surface area contributed by atoms with Crippen molar-refractivity contribution in [2.45, 2.75) is 19.3 Å². The number of aliphatic imine (C=N–C) groups is 1. The molecule has 1 heteroatoms. The highest BCUT2D eigenvalue weighted by atomic mass is 14.8. The van der Waals surface area contributed by atoms with E-state index in [4.69, 9.17) is 4.99 Å². The second kappa shape index (κ2) is 4.17. The van der Waals surface area contributed by atoms with Crippen LogP contribution in [0.1, 0.15) is 25.0 Å². The van der Waals surface area contributed by atoms with Gasteiger partial charge in [-0.05, 0) is 28.7 Å². The molecule has 1 spiro atoms. The summed E-state index contributed by atoms with van der Waals surface area (Å²) in [6, 6.07) is 18.9. The second-order valence-corrected chi connectivity index (χ2v) is 6.60. The summed E-state index contributed by atoms with van der Waals surface area (Å²) in [5.74, 6) is 0.463. The van der Waals surface area contributed by atoms with Crippen LogP contribution in [0.3, 0.4) is 0 Å². The summed E-state index contributed by atoms with van der Waals surface area (Å²) < 4.78 is 0. The maximum absolute atomic E-state index is 4.70. The molecule has 1 nitrogen and oxygen atoms in total. The minimum absolute atomic E-state index is 0.141. The fraction of sp³-hybridized carbons (Fsp3) is 0.250. The molecule has 1 saturated carbocycles. The molecule has 0 unspecified atom stereocenters. The molecule has 4 rings (SSSR count). The van der Waals surface area contributed by atoms with Crippen LogP contribution in [0.4, 0.5) is 5.69 Å². The van der Waals surface area contributed by atoms with Gasteiger partial charge in [0.15, 0.2) is 0 Å². The van der Waals surface area contributed by atoms with Gasteiger partial charge in [-0.3, -0.25) is 4.99 Å². The van der Waals surface area contributed by atoms with E-state index < -0.39 is 0 Å². The van der Waals surface area contributed by atoms with E-state index in [1.807, 2.05) is 18.2 Å². The summed E-state index contributed by atoms with van der Waals surface area (Å²) in [6.07, 6.45) is 6.81. The lowest BCUT2D eigenvalue weighted by Gasteiger charge is -2.13. The topological polar surface area (TPSA) is 12.4 Å². The van der Waals surface area contributed by atoms with Crippen molar-refractivity contribution in [3.8, 4) is 0 Å². The first-order chi connectivity index (χ1) is 10.2. The summed E-state index contributed by atoms with van der Waals surface area (Å²) in [7, 11) is 0. The Morgan fingerprint density at radius 3 is 2.48 bits per heavy atom. The maximum Gasteiger partial charge on any atom is 0.0625 e. The Kier molecular flexibility index (Phi) is 2.50. The minimum atomic E-state index is 0.141. The lowest BCUT2D eigenvalue weighted by atomic mass is 9.90. The van der Waals surface area contributed by atoms with E-state index in [-0.39, 0.29) is 10.8 Å². The molecule has 0 N–H and O–H groups in total. The summed E-state index contributed by atoms with van der Waals surface area (Å²) in [6.45, 7) is 4.70. The van der Waals surface area contributed by atoms with E-state index in [1.54, 1.807) is 0 Å². The summed E-state index contributed by atoms with van der Waals surface area (Å²) in [5.41, 5.74) is 4.22. The van der Waals surface area contributed by atoms with Gasteiger partial charge < -0.3 is 0 Å².